The van der Waals surface area contributed by atoms with Gasteiger partial charge < -0.3 is 0 Å². The molecule has 1 N–H and O–H groups in total. The van der Waals surface area contributed by atoms with Crippen molar-refractivity contribution in [1.29, 1.82) is 0 Å². The van der Waals surface area contributed by atoms with Gasteiger partial charge in [-0.2, -0.15) is 0 Å². The van der Waals surface area contributed by atoms with Gasteiger partial charge in [0.15, 0.2) is 0 Å². The van der Waals surface area contributed by atoms with E-state index in [1.54, 1.807) is 0 Å². The fraction of sp³-hybridized carbons (Fsp3) is 0.467. The summed E-state index contributed by atoms with van der Waals surface area (Å²) in [5.41, 5.74) is 1.62. The fourth-order valence-electron chi connectivity index (χ4n) is 1.83. The van der Waals surface area contributed by atoms with Crippen LogP contribution in [-0.4, -0.2) is 5.26 Å². The third-order valence-electron chi connectivity index (χ3n) is 3.36. The first-order valence-electron chi connectivity index (χ1n) is 6.02. The van der Waals surface area contributed by atoms with Crippen molar-refractivity contribution in [3.05, 3.63) is 47.5 Å². The summed E-state index contributed by atoms with van der Waals surface area (Å²) in [5.74, 6) is 0.199. The number of hydrogen-bond acceptors (Lipinski definition) is 2. The van der Waals surface area contributed by atoms with E-state index in [0.717, 1.165) is 12.0 Å². The van der Waals surface area contributed by atoms with Gasteiger partial charge >= 0.3 is 0 Å². The molecule has 2 atom stereocenters. The van der Waals surface area contributed by atoms with Crippen LogP contribution in [0.3, 0.4) is 0 Å². The van der Waals surface area contributed by atoms with Crippen LogP contribution in [-0.2, 0) is 10.5 Å². The molecule has 0 saturated heterocycles. The van der Waals surface area contributed by atoms with E-state index in [1.165, 1.54) is 5.57 Å². The molecule has 0 amide bonds. The molecule has 1 aromatic carbocycles. The molecule has 2 heteroatoms. The van der Waals surface area contributed by atoms with Crippen LogP contribution in [0.25, 0.3) is 0 Å². The van der Waals surface area contributed by atoms with Gasteiger partial charge in [-0.15, -0.1) is 0 Å². The van der Waals surface area contributed by atoms with E-state index in [1.807, 2.05) is 37.3 Å². The summed E-state index contributed by atoms with van der Waals surface area (Å²) < 4.78 is 0. The Morgan fingerprint density at radius 2 is 1.94 bits per heavy atom. The molecule has 94 valence electrons. The number of allylic oxidation sites excluding steroid dienone is 2. The van der Waals surface area contributed by atoms with Crippen LogP contribution in [0.2, 0.25) is 0 Å². The van der Waals surface area contributed by atoms with Crippen LogP contribution in [0, 0.1) is 5.92 Å². The molecule has 0 fully saturated rings. The Morgan fingerprint density at radius 1 is 1.35 bits per heavy atom. The van der Waals surface area contributed by atoms with E-state index in [2.05, 4.69) is 26.8 Å². The molecular formula is C15H22O2. The van der Waals surface area contributed by atoms with E-state index in [9.17, 15) is 5.26 Å². The Labute approximate surface area is 104 Å². The van der Waals surface area contributed by atoms with Crippen LogP contribution in [0.15, 0.2) is 42.0 Å². The molecule has 0 heterocycles. The van der Waals surface area contributed by atoms with Gasteiger partial charge in [-0.05, 0) is 38.7 Å². The minimum Gasteiger partial charge on any atom is -0.251 e. The Morgan fingerprint density at radius 3 is 2.41 bits per heavy atom. The van der Waals surface area contributed by atoms with Crippen molar-refractivity contribution in [1.82, 2.24) is 0 Å². The SMILES string of the molecule is CC(C)=CCC(C)C(C)(OO)c1ccccc1. The highest BCUT2D eigenvalue weighted by atomic mass is 17.1. The lowest BCUT2D eigenvalue weighted by molar-refractivity contribution is -0.337. The summed E-state index contributed by atoms with van der Waals surface area (Å²) in [5, 5.41) is 9.25. The zero-order chi connectivity index (χ0) is 12.9. The fourth-order valence-corrected chi connectivity index (χ4v) is 1.83. The molecular weight excluding hydrogens is 212 g/mol. The van der Waals surface area contributed by atoms with Gasteiger partial charge in [0.05, 0.1) is 0 Å². The molecule has 1 aromatic rings. The largest absolute Gasteiger partial charge is 0.251 e. The van der Waals surface area contributed by atoms with E-state index >= 15 is 0 Å². The van der Waals surface area contributed by atoms with Gasteiger partial charge in [-0.1, -0.05) is 48.9 Å². The summed E-state index contributed by atoms with van der Waals surface area (Å²) >= 11 is 0. The third-order valence-corrected chi connectivity index (χ3v) is 3.36. The van der Waals surface area contributed by atoms with Crippen molar-refractivity contribution in [2.75, 3.05) is 0 Å². The minimum absolute atomic E-state index is 0.199. The van der Waals surface area contributed by atoms with Crippen LogP contribution < -0.4 is 0 Å². The van der Waals surface area contributed by atoms with Gasteiger partial charge in [0.1, 0.15) is 5.60 Å². The quantitative estimate of drug-likeness (QED) is 0.465. The van der Waals surface area contributed by atoms with E-state index in [-0.39, 0.29) is 5.92 Å². The summed E-state index contributed by atoms with van der Waals surface area (Å²) in [6, 6.07) is 9.84. The van der Waals surface area contributed by atoms with Crippen molar-refractivity contribution < 1.29 is 10.1 Å². The molecule has 0 aromatic heterocycles. The highest BCUT2D eigenvalue weighted by molar-refractivity contribution is 5.22. The van der Waals surface area contributed by atoms with Crippen LogP contribution in [0.5, 0.6) is 0 Å². The average Bonchev–Trinajstić information content (AvgIpc) is 2.35. The highest BCUT2D eigenvalue weighted by Crippen LogP contribution is 2.34. The maximum Gasteiger partial charge on any atom is 0.128 e. The van der Waals surface area contributed by atoms with Crippen molar-refractivity contribution in [2.24, 2.45) is 5.92 Å². The zero-order valence-electron chi connectivity index (χ0n) is 11.1. The predicted molar refractivity (Wildman–Crippen MR) is 70.7 cm³/mol. The molecule has 1 rings (SSSR count). The van der Waals surface area contributed by atoms with Crippen molar-refractivity contribution in [2.45, 2.75) is 39.7 Å². The molecule has 0 aliphatic heterocycles. The molecule has 2 unspecified atom stereocenters. The smallest absolute Gasteiger partial charge is 0.128 e. The Hall–Kier alpha value is -1.12. The highest BCUT2D eigenvalue weighted by Gasteiger charge is 2.34. The molecule has 0 bridgehead atoms. The second-order valence-electron chi connectivity index (χ2n) is 4.98. The lowest BCUT2D eigenvalue weighted by Gasteiger charge is -2.32. The van der Waals surface area contributed by atoms with Crippen molar-refractivity contribution in [3.8, 4) is 0 Å². The molecule has 2 nitrogen and oxygen atoms in total. The first-order chi connectivity index (χ1) is 8.00. The summed E-state index contributed by atoms with van der Waals surface area (Å²) in [4.78, 5) is 4.79. The Kier molecular flexibility index (Phi) is 4.91. The number of benzene rings is 1. The number of rotatable bonds is 5. The topological polar surface area (TPSA) is 29.5 Å². The lowest BCUT2D eigenvalue weighted by atomic mass is 9.82. The standard InChI is InChI=1S/C15H22O2/c1-12(2)10-11-13(3)15(4,17-16)14-8-6-5-7-9-14/h5-10,13,16H,11H2,1-4H3. The van der Waals surface area contributed by atoms with Gasteiger partial charge in [0.2, 0.25) is 0 Å². The first kappa shape index (κ1) is 13.9. The van der Waals surface area contributed by atoms with Crippen LogP contribution in [0.4, 0.5) is 0 Å². The molecule has 0 aliphatic carbocycles. The summed E-state index contributed by atoms with van der Waals surface area (Å²) in [6.45, 7) is 8.16. The molecule has 0 aliphatic rings. The van der Waals surface area contributed by atoms with E-state index in [0.29, 0.717) is 0 Å². The zero-order valence-corrected chi connectivity index (χ0v) is 11.1. The molecule has 0 radical (unpaired) electrons. The van der Waals surface area contributed by atoms with Gasteiger partial charge in [-0.3, -0.25) is 5.26 Å². The molecule has 0 saturated carbocycles. The first-order valence-corrected chi connectivity index (χ1v) is 6.02. The predicted octanol–water partition coefficient (Wildman–Crippen LogP) is 4.38. The maximum absolute atomic E-state index is 9.25. The maximum atomic E-state index is 9.25. The second-order valence-corrected chi connectivity index (χ2v) is 4.98. The summed E-state index contributed by atoms with van der Waals surface area (Å²) in [7, 11) is 0. The molecule has 0 spiro atoms. The van der Waals surface area contributed by atoms with Gasteiger partial charge in [-0.25, -0.2) is 4.89 Å². The van der Waals surface area contributed by atoms with E-state index < -0.39 is 5.60 Å². The number of hydrogen-bond donors (Lipinski definition) is 1. The Bertz CT molecular complexity index is 366. The van der Waals surface area contributed by atoms with Gasteiger partial charge in [0, 0.05) is 0 Å². The average molecular weight is 234 g/mol. The monoisotopic (exact) mass is 234 g/mol. The third kappa shape index (κ3) is 3.42. The van der Waals surface area contributed by atoms with Crippen molar-refractivity contribution >= 4 is 0 Å². The Balaban J connectivity index is 2.92. The second kappa shape index (κ2) is 5.99. The summed E-state index contributed by atoms with van der Waals surface area (Å²) in [6.07, 6.45) is 3.05. The van der Waals surface area contributed by atoms with E-state index in [4.69, 9.17) is 4.89 Å². The van der Waals surface area contributed by atoms with Crippen molar-refractivity contribution in [3.63, 3.8) is 0 Å². The lowest BCUT2D eigenvalue weighted by Crippen LogP contribution is -2.32. The minimum atomic E-state index is -0.660. The van der Waals surface area contributed by atoms with Crippen LogP contribution >= 0.6 is 0 Å². The van der Waals surface area contributed by atoms with Gasteiger partial charge in [0.25, 0.3) is 0 Å². The van der Waals surface area contributed by atoms with Crippen LogP contribution in [0.1, 0.15) is 39.7 Å². The normalized spacial score (nSPS) is 16.1. The molecule has 17 heavy (non-hydrogen) atoms.